The molecule has 0 aliphatic heterocycles. The fourth-order valence-corrected chi connectivity index (χ4v) is 3.12. The molecule has 0 N–H and O–H groups in total. The molecule has 0 amide bonds. The van der Waals surface area contributed by atoms with E-state index in [2.05, 4.69) is 47.8 Å². The lowest BCUT2D eigenvalue weighted by Crippen LogP contribution is -2.02. The fraction of sp³-hybridized carbons (Fsp3) is 0.227. The van der Waals surface area contributed by atoms with Gasteiger partial charge in [0.1, 0.15) is 12.4 Å². The van der Waals surface area contributed by atoms with Gasteiger partial charge in [-0.25, -0.2) is 4.39 Å². The smallest absolute Gasteiger partial charge is 0.123 e. The van der Waals surface area contributed by atoms with E-state index in [0.717, 1.165) is 33.9 Å². The van der Waals surface area contributed by atoms with Gasteiger partial charge in [0.05, 0.1) is 11.4 Å². The minimum absolute atomic E-state index is 0.242. The standard InChI is InChI=1S/C22H23FN2O/c1-5-26-24-16(3)21-14-22(18-9-11-19(23)12-10-18)25(17(21)4)20-8-6-7-15(2)13-20/h6-14H,5H2,1-4H3/b24-16+. The van der Waals surface area contributed by atoms with Crippen LogP contribution in [0, 0.1) is 19.7 Å². The van der Waals surface area contributed by atoms with Gasteiger partial charge in [0, 0.05) is 16.9 Å². The average Bonchev–Trinajstić information content (AvgIpc) is 2.97. The Kier molecular flexibility index (Phi) is 5.21. The van der Waals surface area contributed by atoms with Crippen LogP contribution in [0.15, 0.2) is 59.8 Å². The van der Waals surface area contributed by atoms with E-state index < -0.39 is 0 Å². The van der Waals surface area contributed by atoms with E-state index in [-0.39, 0.29) is 5.82 Å². The summed E-state index contributed by atoms with van der Waals surface area (Å²) in [5, 5.41) is 4.19. The SMILES string of the molecule is CCO/N=C(\C)c1cc(-c2ccc(F)cc2)n(-c2cccc(C)c2)c1C. The highest BCUT2D eigenvalue weighted by Gasteiger charge is 2.17. The van der Waals surface area contributed by atoms with Gasteiger partial charge in [-0.3, -0.25) is 0 Å². The normalized spacial score (nSPS) is 11.7. The van der Waals surface area contributed by atoms with E-state index in [1.54, 1.807) is 12.1 Å². The van der Waals surface area contributed by atoms with E-state index in [9.17, 15) is 4.39 Å². The van der Waals surface area contributed by atoms with E-state index in [0.29, 0.717) is 6.61 Å². The maximum absolute atomic E-state index is 13.4. The molecule has 0 aliphatic carbocycles. The van der Waals surface area contributed by atoms with E-state index in [1.165, 1.54) is 17.7 Å². The average molecular weight is 350 g/mol. The van der Waals surface area contributed by atoms with E-state index >= 15 is 0 Å². The summed E-state index contributed by atoms with van der Waals surface area (Å²) in [5.41, 5.74) is 7.09. The Labute approximate surface area is 153 Å². The van der Waals surface area contributed by atoms with E-state index in [4.69, 9.17) is 4.84 Å². The predicted molar refractivity (Wildman–Crippen MR) is 104 cm³/mol. The zero-order valence-electron chi connectivity index (χ0n) is 15.6. The maximum Gasteiger partial charge on any atom is 0.123 e. The van der Waals surface area contributed by atoms with Crippen molar-refractivity contribution < 1.29 is 9.23 Å². The van der Waals surface area contributed by atoms with Crippen LogP contribution in [-0.2, 0) is 4.84 Å². The molecule has 0 aliphatic rings. The molecular formula is C22H23FN2O. The summed E-state index contributed by atoms with van der Waals surface area (Å²) in [4.78, 5) is 5.23. The zero-order valence-corrected chi connectivity index (χ0v) is 15.6. The van der Waals surface area contributed by atoms with Crippen LogP contribution in [0.25, 0.3) is 16.9 Å². The summed E-state index contributed by atoms with van der Waals surface area (Å²) in [5.74, 6) is -0.242. The molecule has 0 unspecified atom stereocenters. The van der Waals surface area contributed by atoms with Crippen LogP contribution in [0.3, 0.4) is 0 Å². The third-order valence-corrected chi connectivity index (χ3v) is 4.37. The molecule has 3 aromatic rings. The van der Waals surface area contributed by atoms with Crippen molar-refractivity contribution in [3.8, 4) is 16.9 Å². The van der Waals surface area contributed by atoms with Crippen LogP contribution in [-0.4, -0.2) is 16.9 Å². The Morgan fingerprint density at radius 3 is 2.46 bits per heavy atom. The highest BCUT2D eigenvalue weighted by Crippen LogP contribution is 2.30. The number of hydrogen-bond acceptors (Lipinski definition) is 2. The largest absolute Gasteiger partial charge is 0.396 e. The van der Waals surface area contributed by atoms with Crippen molar-refractivity contribution in [2.24, 2.45) is 5.16 Å². The lowest BCUT2D eigenvalue weighted by Gasteiger charge is -2.13. The molecule has 2 aromatic carbocycles. The highest BCUT2D eigenvalue weighted by molar-refractivity contribution is 6.01. The third-order valence-electron chi connectivity index (χ3n) is 4.37. The Morgan fingerprint density at radius 1 is 1.08 bits per heavy atom. The molecule has 0 saturated carbocycles. The van der Waals surface area contributed by atoms with Crippen LogP contribution in [0.2, 0.25) is 0 Å². The predicted octanol–water partition coefficient (Wildman–Crippen LogP) is 5.66. The molecule has 3 rings (SSSR count). The second-order valence-electron chi connectivity index (χ2n) is 6.30. The molecule has 0 fully saturated rings. The minimum Gasteiger partial charge on any atom is -0.396 e. The van der Waals surface area contributed by atoms with E-state index in [1.807, 2.05) is 19.9 Å². The number of nitrogens with zero attached hydrogens (tertiary/aromatic N) is 2. The molecule has 0 atom stereocenters. The van der Waals surface area contributed by atoms with Crippen LogP contribution in [0.4, 0.5) is 4.39 Å². The molecule has 26 heavy (non-hydrogen) atoms. The second kappa shape index (κ2) is 7.56. The summed E-state index contributed by atoms with van der Waals surface area (Å²) in [6.07, 6.45) is 0. The summed E-state index contributed by atoms with van der Waals surface area (Å²) in [6.45, 7) is 8.51. The molecule has 134 valence electrons. The summed E-state index contributed by atoms with van der Waals surface area (Å²) in [7, 11) is 0. The molecule has 0 spiro atoms. The van der Waals surface area contributed by atoms with Crippen LogP contribution in [0.1, 0.15) is 30.7 Å². The Hall–Kier alpha value is -2.88. The van der Waals surface area contributed by atoms with Crippen molar-refractivity contribution >= 4 is 5.71 Å². The lowest BCUT2D eigenvalue weighted by atomic mass is 10.1. The lowest BCUT2D eigenvalue weighted by molar-refractivity contribution is 0.159. The van der Waals surface area contributed by atoms with Gasteiger partial charge in [-0.15, -0.1) is 0 Å². The van der Waals surface area contributed by atoms with Crippen molar-refractivity contribution in [3.63, 3.8) is 0 Å². The number of aryl methyl sites for hydroxylation is 1. The van der Waals surface area contributed by atoms with Crippen molar-refractivity contribution in [2.45, 2.75) is 27.7 Å². The zero-order chi connectivity index (χ0) is 18.7. The number of rotatable bonds is 5. The van der Waals surface area contributed by atoms with Crippen molar-refractivity contribution in [1.82, 2.24) is 4.57 Å². The highest BCUT2D eigenvalue weighted by atomic mass is 19.1. The summed E-state index contributed by atoms with van der Waals surface area (Å²) in [6, 6.07) is 17.0. The number of benzene rings is 2. The van der Waals surface area contributed by atoms with Gasteiger partial charge in [0.2, 0.25) is 0 Å². The van der Waals surface area contributed by atoms with Crippen molar-refractivity contribution in [1.29, 1.82) is 0 Å². The number of oxime groups is 1. The van der Waals surface area contributed by atoms with Gasteiger partial charge in [0.15, 0.2) is 0 Å². The first kappa shape index (κ1) is 17.9. The summed E-state index contributed by atoms with van der Waals surface area (Å²) >= 11 is 0. The third kappa shape index (κ3) is 3.54. The minimum atomic E-state index is -0.242. The Bertz CT molecular complexity index is 939. The van der Waals surface area contributed by atoms with Crippen LogP contribution < -0.4 is 0 Å². The summed E-state index contributed by atoms with van der Waals surface area (Å²) < 4.78 is 15.6. The Morgan fingerprint density at radius 2 is 1.81 bits per heavy atom. The Balaban J connectivity index is 2.22. The molecule has 0 saturated heterocycles. The van der Waals surface area contributed by atoms with Gasteiger partial charge in [-0.05, 0) is 81.3 Å². The first-order chi connectivity index (χ1) is 12.5. The topological polar surface area (TPSA) is 26.5 Å². The van der Waals surface area contributed by atoms with Gasteiger partial charge in [-0.2, -0.15) is 0 Å². The molecule has 1 aromatic heterocycles. The van der Waals surface area contributed by atoms with Gasteiger partial charge < -0.3 is 9.40 Å². The van der Waals surface area contributed by atoms with Gasteiger partial charge in [0.25, 0.3) is 0 Å². The number of hydrogen-bond donors (Lipinski definition) is 0. The van der Waals surface area contributed by atoms with Crippen LogP contribution >= 0.6 is 0 Å². The van der Waals surface area contributed by atoms with Crippen LogP contribution in [0.5, 0.6) is 0 Å². The maximum atomic E-state index is 13.4. The van der Waals surface area contributed by atoms with Crippen molar-refractivity contribution in [3.05, 3.63) is 77.2 Å². The molecule has 4 heteroatoms. The molecular weight excluding hydrogens is 327 g/mol. The monoisotopic (exact) mass is 350 g/mol. The fourth-order valence-electron chi connectivity index (χ4n) is 3.12. The molecule has 3 nitrogen and oxygen atoms in total. The molecule has 0 bridgehead atoms. The van der Waals surface area contributed by atoms with Gasteiger partial charge in [-0.1, -0.05) is 17.3 Å². The first-order valence-corrected chi connectivity index (χ1v) is 8.73. The second-order valence-corrected chi connectivity index (χ2v) is 6.30. The van der Waals surface area contributed by atoms with Gasteiger partial charge >= 0.3 is 0 Å². The van der Waals surface area contributed by atoms with Crippen molar-refractivity contribution in [2.75, 3.05) is 6.61 Å². The number of halogens is 1. The number of aromatic nitrogens is 1. The quantitative estimate of drug-likeness (QED) is 0.431. The molecule has 0 radical (unpaired) electrons. The first-order valence-electron chi connectivity index (χ1n) is 8.73. The molecule has 1 heterocycles.